The van der Waals surface area contributed by atoms with Crippen LogP contribution in [0.25, 0.3) is 17.0 Å². The van der Waals surface area contributed by atoms with E-state index in [1.807, 2.05) is 35.7 Å². The molecule has 0 spiro atoms. The van der Waals surface area contributed by atoms with Gasteiger partial charge in [0.15, 0.2) is 5.89 Å². The number of hydrogen-bond acceptors (Lipinski definition) is 3. The molecule has 0 atom stereocenters. The van der Waals surface area contributed by atoms with E-state index in [1.54, 1.807) is 6.26 Å². The lowest BCUT2D eigenvalue weighted by Crippen LogP contribution is -1.89. The van der Waals surface area contributed by atoms with Crippen LogP contribution in [0.5, 0.6) is 0 Å². The fourth-order valence-corrected chi connectivity index (χ4v) is 2.17. The molecule has 0 amide bonds. The zero-order chi connectivity index (χ0) is 12.5. The lowest BCUT2D eigenvalue weighted by molar-refractivity contribution is 0.491. The molecule has 0 aliphatic carbocycles. The summed E-state index contributed by atoms with van der Waals surface area (Å²) < 4.78 is 7.53. The molecule has 0 bridgehead atoms. The molecule has 18 heavy (non-hydrogen) atoms. The summed E-state index contributed by atoms with van der Waals surface area (Å²) in [6.45, 7) is 4.11. The van der Waals surface area contributed by atoms with Crippen molar-refractivity contribution in [2.75, 3.05) is 0 Å². The van der Waals surface area contributed by atoms with Gasteiger partial charge in [-0.2, -0.15) is 0 Å². The highest BCUT2D eigenvalue weighted by Crippen LogP contribution is 2.24. The molecule has 3 aromatic rings. The van der Waals surface area contributed by atoms with Gasteiger partial charge in [0.2, 0.25) is 0 Å². The van der Waals surface area contributed by atoms with Gasteiger partial charge < -0.3 is 4.42 Å². The molecular formula is C14H15N3O. The van der Waals surface area contributed by atoms with E-state index in [1.165, 1.54) is 0 Å². The maximum Gasteiger partial charge on any atom is 0.194 e. The van der Waals surface area contributed by atoms with Gasteiger partial charge in [-0.3, -0.25) is 4.40 Å². The van der Waals surface area contributed by atoms with Crippen LogP contribution in [0.4, 0.5) is 0 Å². The Hall–Kier alpha value is -2.10. The van der Waals surface area contributed by atoms with Gasteiger partial charge in [-0.15, -0.1) is 0 Å². The molecule has 92 valence electrons. The predicted molar refractivity (Wildman–Crippen MR) is 69.4 cm³/mol. The average Bonchev–Trinajstić information content (AvgIpc) is 2.92. The summed E-state index contributed by atoms with van der Waals surface area (Å²) in [5, 5.41) is 0. The van der Waals surface area contributed by atoms with E-state index in [4.69, 9.17) is 4.42 Å². The van der Waals surface area contributed by atoms with Gasteiger partial charge in [0.25, 0.3) is 0 Å². The molecule has 0 saturated carbocycles. The number of fused-ring (bicyclic) bond motifs is 1. The maximum absolute atomic E-state index is 5.48. The maximum atomic E-state index is 5.48. The molecule has 3 rings (SSSR count). The van der Waals surface area contributed by atoms with E-state index in [0.29, 0.717) is 0 Å². The minimum absolute atomic E-state index is 0.790. The Labute approximate surface area is 105 Å². The molecule has 4 nitrogen and oxygen atoms in total. The Morgan fingerprint density at radius 1 is 1.28 bits per heavy atom. The second-order valence-corrected chi connectivity index (χ2v) is 4.35. The fourth-order valence-electron chi connectivity index (χ4n) is 2.17. The van der Waals surface area contributed by atoms with Gasteiger partial charge in [0.05, 0.1) is 11.4 Å². The van der Waals surface area contributed by atoms with Crippen molar-refractivity contribution in [2.45, 2.75) is 26.7 Å². The Balaban J connectivity index is 2.15. The fraction of sp³-hybridized carbons (Fsp3) is 0.286. The smallest absolute Gasteiger partial charge is 0.194 e. The van der Waals surface area contributed by atoms with Crippen molar-refractivity contribution >= 4 is 5.65 Å². The van der Waals surface area contributed by atoms with Crippen molar-refractivity contribution in [1.29, 1.82) is 0 Å². The normalized spacial score (nSPS) is 11.2. The molecule has 3 aromatic heterocycles. The van der Waals surface area contributed by atoms with Crippen LogP contribution in [0.3, 0.4) is 0 Å². The standard InChI is InChI=1S/C14H15N3O/c1-3-6-13-16-11(9-18-13)14-10(2)15-12-7-4-5-8-17(12)14/h4-5,7-9H,3,6H2,1-2H3. The van der Waals surface area contributed by atoms with Gasteiger partial charge in [-0.05, 0) is 25.5 Å². The lowest BCUT2D eigenvalue weighted by atomic mass is 10.3. The summed E-state index contributed by atoms with van der Waals surface area (Å²) in [5.41, 5.74) is 3.77. The van der Waals surface area contributed by atoms with Crippen molar-refractivity contribution in [1.82, 2.24) is 14.4 Å². The minimum Gasteiger partial charge on any atom is -0.448 e. The van der Waals surface area contributed by atoms with Crippen LogP contribution in [0.1, 0.15) is 24.9 Å². The Morgan fingerprint density at radius 3 is 3.00 bits per heavy atom. The number of imidazole rings is 1. The predicted octanol–water partition coefficient (Wildman–Crippen LogP) is 3.25. The molecule has 3 heterocycles. The second kappa shape index (κ2) is 4.29. The van der Waals surface area contributed by atoms with Gasteiger partial charge in [-0.25, -0.2) is 9.97 Å². The van der Waals surface area contributed by atoms with E-state index in [9.17, 15) is 0 Å². The first-order valence-corrected chi connectivity index (χ1v) is 6.18. The van der Waals surface area contributed by atoms with E-state index < -0.39 is 0 Å². The van der Waals surface area contributed by atoms with E-state index in [0.717, 1.165) is 41.5 Å². The quantitative estimate of drug-likeness (QED) is 0.707. The molecular weight excluding hydrogens is 226 g/mol. The van der Waals surface area contributed by atoms with Crippen LogP contribution in [0, 0.1) is 6.92 Å². The molecule has 0 fully saturated rings. The number of oxazole rings is 1. The van der Waals surface area contributed by atoms with Gasteiger partial charge >= 0.3 is 0 Å². The zero-order valence-electron chi connectivity index (χ0n) is 10.6. The SMILES string of the molecule is CCCc1nc(-c2c(C)nc3ccccn23)co1. The topological polar surface area (TPSA) is 43.3 Å². The van der Waals surface area contributed by atoms with Gasteiger partial charge in [0, 0.05) is 12.6 Å². The average molecular weight is 241 g/mol. The molecule has 0 aliphatic rings. The molecule has 4 heteroatoms. The number of nitrogens with zero attached hydrogens (tertiary/aromatic N) is 3. The Kier molecular flexibility index (Phi) is 2.63. The van der Waals surface area contributed by atoms with Crippen LogP contribution in [-0.2, 0) is 6.42 Å². The molecule has 0 aromatic carbocycles. The Bertz CT molecular complexity index is 681. The van der Waals surface area contributed by atoms with Crippen LogP contribution < -0.4 is 0 Å². The Morgan fingerprint density at radius 2 is 2.17 bits per heavy atom. The first-order valence-electron chi connectivity index (χ1n) is 6.18. The molecule has 0 aliphatic heterocycles. The monoisotopic (exact) mass is 241 g/mol. The van der Waals surface area contributed by atoms with Crippen LogP contribution >= 0.6 is 0 Å². The van der Waals surface area contributed by atoms with Crippen molar-refractivity contribution in [2.24, 2.45) is 0 Å². The van der Waals surface area contributed by atoms with Gasteiger partial charge in [0.1, 0.15) is 17.6 Å². The summed E-state index contributed by atoms with van der Waals surface area (Å²) in [4.78, 5) is 9.05. The number of rotatable bonds is 3. The summed E-state index contributed by atoms with van der Waals surface area (Å²) in [6.07, 6.45) is 5.62. The van der Waals surface area contributed by atoms with Gasteiger partial charge in [-0.1, -0.05) is 13.0 Å². The van der Waals surface area contributed by atoms with Crippen LogP contribution in [-0.4, -0.2) is 14.4 Å². The summed E-state index contributed by atoms with van der Waals surface area (Å²) in [6, 6.07) is 5.96. The highest BCUT2D eigenvalue weighted by atomic mass is 16.3. The second-order valence-electron chi connectivity index (χ2n) is 4.35. The first kappa shape index (κ1) is 11.0. The number of pyridine rings is 1. The van der Waals surface area contributed by atoms with E-state index >= 15 is 0 Å². The van der Waals surface area contributed by atoms with Crippen molar-refractivity contribution < 1.29 is 4.42 Å². The summed E-state index contributed by atoms with van der Waals surface area (Å²) >= 11 is 0. The van der Waals surface area contributed by atoms with Crippen molar-refractivity contribution in [3.05, 3.63) is 42.2 Å². The third-order valence-corrected chi connectivity index (χ3v) is 2.96. The molecule has 0 N–H and O–H groups in total. The summed E-state index contributed by atoms with van der Waals surface area (Å²) in [5.74, 6) is 0.790. The lowest BCUT2D eigenvalue weighted by Gasteiger charge is -1.97. The third-order valence-electron chi connectivity index (χ3n) is 2.96. The number of aryl methyl sites for hydroxylation is 2. The van der Waals surface area contributed by atoms with Crippen molar-refractivity contribution in [3.8, 4) is 11.4 Å². The summed E-state index contributed by atoms with van der Waals surface area (Å²) in [7, 11) is 0. The highest BCUT2D eigenvalue weighted by molar-refractivity contribution is 5.63. The van der Waals surface area contributed by atoms with E-state index in [2.05, 4.69) is 16.9 Å². The zero-order valence-corrected chi connectivity index (χ0v) is 10.6. The molecule has 0 unspecified atom stereocenters. The van der Waals surface area contributed by atoms with E-state index in [-0.39, 0.29) is 0 Å². The largest absolute Gasteiger partial charge is 0.448 e. The highest BCUT2D eigenvalue weighted by Gasteiger charge is 2.14. The van der Waals surface area contributed by atoms with Crippen molar-refractivity contribution in [3.63, 3.8) is 0 Å². The third kappa shape index (κ3) is 1.70. The number of aromatic nitrogens is 3. The number of hydrogen-bond donors (Lipinski definition) is 0. The molecule has 0 radical (unpaired) electrons. The molecule has 0 saturated heterocycles. The minimum atomic E-state index is 0.790. The van der Waals surface area contributed by atoms with Crippen LogP contribution in [0.15, 0.2) is 35.1 Å². The van der Waals surface area contributed by atoms with Crippen LogP contribution in [0.2, 0.25) is 0 Å². The first-order chi connectivity index (χ1) is 8.79.